The molecular formula is C27H36F3N3O4S. The van der Waals surface area contributed by atoms with E-state index in [9.17, 15) is 31.2 Å². The van der Waals surface area contributed by atoms with Crippen molar-refractivity contribution >= 4 is 27.5 Å². The zero-order chi connectivity index (χ0) is 28.5. The molecule has 0 heterocycles. The lowest BCUT2D eigenvalue weighted by Gasteiger charge is -2.30. The topological polar surface area (TPSA) is 86.8 Å². The van der Waals surface area contributed by atoms with E-state index in [1.807, 2.05) is 44.2 Å². The molecule has 0 aromatic heterocycles. The van der Waals surface area contributed by atoms with Crippen molar-refractivity contribution in [1.29, 1.82) is 0 Å². The first-order valence-corrected chi connectivity index (χ1v) is 14.4. The molecule has 0 saturated heterocycles. The van der Waals surface area contributed by atoms with E-state index in [0.29, 0.717) is 6.42 Å². The molecule has 2 aromatic carbocycles. The van der Waals surface area contributed by atoms with Crippen LogP contribution in [0.1, 0.15) is 51.2 Å². The number of benzene rings is 2. The number of rotatable bonds is 13. The second kappa shape index (κ2) is 13.6. The Morgan fingerprint density at radius 3 is 2.24 bits per heavy atom. The van der Waals surface area contributed by atoms with Gasteiger partial charge in [0.1, 0.15) is 6.04 Å². The average Bonchev–Trinajstić information content (AvgIpc) is 2.85. The standard InChI is InChI=1S/C27H36F3N3O4S/c1-5-20(2)31-26(35)21(3)32(18-16-22-11-7-6-8-12-22)25(34)15-10-17-33(38(4,36)37)24-14-9-13-23(19-24)27(28,29)30/h6-9,11-14,19-21H,5,10,15-18H2,1-4H3,(H,31,35). The van der Waals surface area contributed by atoms with E-state index in [1.54, 1.807) is 6.92 Å². The van der Waals surface area contributed by atoms with Crippen molar-refractivity contribution in [2.75, 3.05) is 23.7 Å². The minimum atomic E-state index is -4.62. The lowest BCUT2D eigenvalue weighted by Crippen LogP contribution is -2.50. The van der Waals surface area contributed by atoms with Crippen LogP contribution in [-0.4, -0.2) is 56.6 Å². The zero-order valence-electron chi connectivity index (χ0n) is 22.2. The van der Waals surface area contributed by atoms with Gasteiger partial charge in [-0.2, -0.15) is 13.2 Å². The van der Waals surface area contributed by atoms with Crippen LogP contribution >= 0.6 is 0 Å². The second-order valence-electron chi connectivity index (χ2n) is 9.30. The van der Waals surface area contributed by atoms with E-state index in [2.05, 4.69) is 5.32 Å². The van der Waals surface area contributed by atoms with Crippen LogP contribution in [0.3, 0.4) is 0 Å². The van der Waals surface area contributed by atoms with Crippen molar-refractivity contribution < 1.29 is 31.2 Å². The van der Waals surface area contributed by atoms with Gasteiger partial charge in [0.05, 0.1) is 17.5 Å². The van der Waals surface area contributed by atoms with Gasteiger partial charge in [-0.05, 0) is 56.9 Å². The summed E-state index contributed by atoms with van der Waals surface area (Å²) >= 11 is 0. The van der Waals surface area contributed by atoms with Gasteiger partial charge in [-0.25, -0.2) is 8.42 Å². The number of carbonyl (C=O) groups excluding carboxylic acids is 2. The van der Waals surface area contributed by atoms with Gasteiger partial charge in [0.2, 0.25) is 21.8 Å². The number of carbonyl (C=O) groups is 2. The Kier molecular flexibility index (Phi) is 11.2. The highest BCUT2D eigenvalue weighted by molar-refractivity contribution is 7.92. The lowest BCUT2D eigenvalue weighted by atomic mass is 10.1. The molecule has 1 N–H and O–H groups in total. The van der Waals surface area contributed by atoms with E-state index >= 15 is 0 Å². The van der Waals surface area contributed by atoms with Crippen LogP contribution in [0.5, 0.6) is 0 Å². The molecular weight excluding hydrogens is 519 g/mol. The predicted octanol–water partition coefficient (Wildman–Crippen LogP) is 4.63. The molecule has 0 saturated carbocycles. The molecule has 11 heteroatoms. The van der Waals surface area contributed by atoms with Crippen molar-refractivity contribution in [3.63, 3.8) is 0 Å². The summed E-state index contributed by atoms with van der Waals surface area (Å²) in [6.07, 6.45) is -2.49. The summed E-state index contributed by atoms with van der Waals surface area (Å²) in [7, 11) is -3.91. The molecule has 0 bridgehead atoms. The van der Waals surface area contributed by atoms with Gasteiger partial charge in [0, 0.05) is 25.6 Å². The molecule has 0 fully saturated rings. The van der Waals surface area contributed by atoms with Gasteiger partial charge in [-0.1, -0.05) is 43.3 Å². The van der Waals surface area contributed by atoms with Crippen LogP contribution in [0.4, 0.5) is 18.9 Å². The summed E-state index contributed by atoms with van der Waals surface area (Å²) in [5.74, 6) is -0.632. The summed E-state index contributed by atoms with van der Waals surface area (Å²) in [6.45, 7) is 5.54. The fraction of sp³-hybridized carbons (Fsp3) is 0.481. The van der Waals surface area contributed by atoms with Crippen molar-refractivity contribution in [3.05, 3.63) is 65.7 Å². The van der Waals surface area contributed by atoms with Gasteiger partial charge >= 0.3 is 6.18 Å². The normalized spacial score (nSPS) is 13.4. The zero-order valence-corrected chi connectivity index (χ0v) is 23.0. The number of sulfonamides is 1. The lowest BCUT2D eigenvalue weighted by molar-refractivity contribution is -0.140. The molecule has 7 nitrogen and oxygen atoms in total. The summed E-state index contributed by atoms with van der Waals surface area (Å²) in [5.41, 5.74) is -0.0994. The maximum absolute atomic E-state index is 13.2. The largest absolute Gasteiger partial charge is 0.416 e. The monoisotopic (exact) mass is 555 g/mol. The Morgan fingerprint density at radius 2 is 1.66 bits per heavy atom. The quantitative estimate of drug-likeness (QED) is 0.391. The Bertz CT molecular complexity index is 1170. The average molecular weight is 556 g/mol. The Balaban J connectivity index is 2.16. The smallest absolute Gasteiger partial charge is 0.352 e. The molecule has 210 valence electrons. The number of nitrogens with zero attached hydrogens (tertiary/aromatic N) is 2. The number of nitrogens with one attached hydrogen (secondary N) is 1. The number of hydrogen-bond donors (Lipinski definition) is 1. The van der Waals surface area contributed by atoms with Gasteiger partial charge in [-0.3, -0.25) is 13.9 Å². The Morgan fingerprint density at radius 1 is 1.00 bits per heavy atom. The van der Waals surface area contributed by atoms with Gasteiger partial charge in [-0.15, -0.1) is 0 Å². The SMILES string of the molecule is CCC(C)NC(=O)C(C)N(CCc1ccccc1)C(=O)CCCN(c1cccc(C(F)(F)F)c1)S(C)(=O)=O. The van der Waals surface area contributed by atoms with Crippen molar-refractivity contribution in [2.24, 2.45) is 0 Å². The molecule has 0 aliphatic heterocycles. The third-order valence-electron chi connectivity index (χ3n) is 6.27. The molecule has 2 aromatic rings. The predicted molar refractivity (Wildman–Crippen MR) is 142 cm³/mol. The molecule has 0 aliphatic rings. The second-order valence-corrected chi connectivity index (χ2v) is 11.2. The fourth-order valence-electron chi connectivity index (χ4n) is 3.88. The van der Waals surface area contributed by atoms with E-state index in [4.69, 9.17) is 0 Å². The Hall–Kier alpha value is -3.08. The van der Waals surface area contributed by atoms with Crippen LogP contribution < -0.4 is 9.62 Å². The molecule has 38 heavy (non-hydrogen) atoms. The molecule has 2 amide bonds. The van der Waals surface area contributed by atoms with Crippen LogP contribution in [0, 0.1) is 0 Å². The number of halogens is 3. The maximum Gasteiger partial charge on any atom is 0.416 e. The highest BCUT2D eigenvalue weighted by atomic mass is 32.2. The summed E-state index contributed by atoms with van der Waals surface area (Å²) < 4.78 is 65.1. The molecule has 0 radical (unpaired) electrons. The highest BCUT2D eigenvalue weighted by Crippen LogP contribution is 2.32. The van der Waals surface area contributed by atoms with Crippen LogP contribution in [-0.2, 0) is 32.2 Å². The van der Waals surface area contributed by atoms with Crippen LogP contribution in [0.15, 0.2) is 54.6 Å². The van der Waals surface area contributed by atoms with E-state index in [1.165, 1.54) is 11.0 Å². The molecule has 0 aliphatic carbocycles. The van der Waals surface area contributed by atoms with E-state index < -0.39 is 27.8 Å². The first-order chi connectivity index (χ1) is 17.7. The van der Waals surface area contributed by atoms with E-state index in [0.717, 1.165) is 40.7 Å². The van der Waals surface area contributed by atoms with Gasteiger partial charge in [0.25, 0.3) is 0 Å². The fourth-order valence-corrected chi connectivity index (χ4v) is 4.83. The van der Waals surface area contributed by atoms with Crippen molar-refractivity contribution in [1.82, 2.24) is 10.2 Å². The van der Waals surface area contributed by atoms with Crippen LogP contribution in [0.2, 0.25) is 0 Å². The number of amides is 2. The highest BCUT2D eigenvalue weighted by Gasteiger charge is 2.32. The number of hydrogen-bond acceptors (Lipinski definition) is 4. The number of alkyl halides is 3. The molecule has 0 spiro atoms. The maximum atomic E-state index is 13.2. The number of anilines is 1. The van der Waals surface area contributed by atoms with Crippen LogP contribution in [0.25, 0.3) is 0 Å². The van der Waals surface area contributed by atoms with E-state index in [-0.39, 0.29) is 49.5 Å². The summed E-state index contributed by atoms with van der Waals surface area (Å²) in [4.78, 5) is 27.5. The first-order valence-electron chi connectivity index (χ1n) is 12.5. The minimum Gasteiger partial charge on any atom is -0.352 e. The van der Waals surface area contributed by atoms with Crippen molar-refractivity contribution in [2.45, 2.75) is 64.7 Å². The summed E-state index contributed by atoms with van der Waals surface area (Å²) in [5, 5.41) is 2.88. The van der Waals surface area contributed by atoms with Gasteiger partial charge in [0.15, 0.2) is 0 Å². The first kappa shape index (κ1) is 31.1. The third-order valence-corrected chi connectivity index (χ3v) is 7.46. The minimum absolute atomic E-state index is 0.0592. The molecule has 2 rings (SSSR count). The Labute approximate surface area is 223 Å². The summed E-state index contributed by atoms with van der Waals surface area (Å²) in [6, 6.07) is 12.7. The molecule has 2 unspecified atom stereocenters. The molecule has 2 atom stereocenters. The van der Waals surface area contributed by atoms with Gasteiger partial charge < -0.3 is 10.2 Å². The van der Waals surface area contributed by atoms with Crippen molar-refractivity contribution in [3.8, 4) is 0 Å². The third kappa shape index (κ3) is 9.34.